The number of aromatic nitrogens is 3. The van der Waals surface area contributed by atoms with E-state index in [0.717, 1.165) is 22.9 Å². The van der Waals surface area contributed by atoms with Crippen molar-refractivity contribution in [1.29, 1.82) is 0 Å². The van der Waals surface area contributed by atoms with Crippen LogP contribution in [0.1, 0.15) is 5.56 Å². The number of nitrogens with zero attached hydrogens (tertiary/aromatic N) is 3. The molecular weight excluding hydrogens is 270 g/mol. The molecule has 1 aromatic carbocycles. The lowest BCUT2D eigenvalue weighted by molar-refractivity contribution is 0.174. The lowest BCUT2D eigenvalue weighted by Gasteiger charge is -2.08. The van der Waals surface area contributed by atoms with Crippen LogP contribution in [-0.2, 0) is 6.54 Å². The van der Waals surface area contributed by atoms with E-state index < -0.39 is 0 Å². The molecule has 0 bridgehead atoms. The third kappa shape index (κ3) is 2.08. The molecular formula is C14H13N5O2. The average molecular weight is 283 g/mol. The third-order valence-corrected chi connectivity index (χ3v) is 3.29. The molecule has 1 aliphatic rings. The molecule has 0 radical (unpaired) electrons. The lowest BCUT2D eigenvalue weighted by atomic mass is 10.2. The van der Waals surface area contributed by atoms with Gasteiger partial charge in [0.05, 0.1) is 0 Å². The minimum Gasteiger partial charge on any atom is -0.454 e. The highest BCUT2D eigenvalue weighted by atomic mass is 16.7. The number of hydrogen-bond acceptors (Lipinski definition) is 6. The maximum absolute atomic E-state index is 5.63. The van der Waals surface area contributed by atoms with Gasteiger partial charge in [-0.1, -0.05) is 12.1 Å². The molecule has 2 aromatic heterocycles. The molecule has 3 aromatic rings. The lowest BCUT2D eigenvalue weighted by Crippen LogP contribution is -2.05. The Morgan fingerprint density at radius 1 is 1.19 bits per heavy atom. The number of pyridine rings is 1. The Hall–Kier alpha value is -2.96. The van der Waals surface area contributed by atoms with Crippen molar-refractivity contribution >= 4 is 17.4 Å². The maximum Gasteiger partial charge on any atom is 0.240 e. The summed E-state index contributed by atoms with van der Waals surface area (Å²) in [7, 11) is 0. The second kappa shape index (κ2) is 4.55. The number of rotatable bonds is 3. The summed E-state index contributed by atoms with van der Waals surface area (Å²) in [5.74, 6) is 2.64. The number of fused-ring (bicyclic) bond motifs is 2. The number of hydrogen-bond donors (Lipinski definition) is 2. The molecule has 0 fully saturated rings. The van der Waals surface area contributed by atoms with Crippen LogP contribution in [0.4, 0.5) is 11.8 Å². The highest BCUT2D eigenvalue weighted by molar-refractivity contribution is 5.51. The van der Waals surface area contributed by atoms with Crippen LogP contribution in [0.3, 0.4) is 0 Å². The van der Waals surface area contributed by atoms with E-state index in [-0.39, 0.29) is 12.7 Å². The molecule has 21 heavy (non-hydrogen) atoms. The average Bonchev–Trinajstić information content (AvgIpc) is 3.09. The van der Waals surface area contributed by atoms with Gasteiger partial charge in [0.2, 0.25) is 12.7 Å². The summed E-state index contributed by atoms with van der Waals surface area (Å²) in [6, 6.07) is 11.6. The van der Waals surface area contributed by atoms with E-state index in [9.17, 15) is 0 Å². The zero-order valence-corrected chi connectivity index (χ0v) is 11.1. The van der Waals surface area contributed by atoms with Gasteiger partial charge in [-0.2, -0.15) is 9.50 Å². The minimum atomic E-state index is 0.257. The third-order valence-electron chi connectivity index (χ3n) is 3.29. The number of ether oxygens (including phenoxy) is 2. The number of benzene rings is 1. The first-order valence-electron chi connectivity index (χ1n) is 6.53. The monoisotopic (exact) mass is 283 g/mol. The van der Waals surface area contributed by atoms with Gasteiger partial charge in [0.25, 0.3) is 0 Å². The maximum atomic E-state index is 5.63. The Morgan fingerprint density at radius 2 is 2.10 bits per heavy atom. The molecule has 0 amide bonds. The predicted molar refractivity (Wildman–Crippen MR) is 77.3 cm³/mol. The molecule has 1 aliphatic heterocycles. The van der Waals surface area contributed by atoms with Gasteiger partial charge in [0.1, 0.15) is 5.82 Å². The minimum absolute atomic E-state index is 0.257. The van der Waals surface area contributed by atoms with Crippen molar-refractivity contribution in [3.8, 4) is 11.5 Å². The summed E-state index contributed by atoms with van der Waals surface area (Å²) in [6.07, 6.45) is 0. The highest BCUT2D eigenvalue weighted by Gasteiger charge is 2.13. The molecule has 0 saturated carbocycles. The summed E-state index contributed by atoms with van der Waals surface area (Å²) >= 11 is 0. The van der Waals surface area contributed by atoms with Crippen LogP contribution in [-0.4, -0.2) is 21.4 Å². The van der Waals surface area contributed by atoms with Crippen LogP contribution in [0, 0.1) is 0 Å². The first kappa shape index (κ1) is 11.8. The number of nitrogens with one attached hydrogen (secondary N) is 1. The molecule has 7 heteroatoms. The highest BCUT2D eigenvalue weighted by Crippen LogP contribution is 2.32. The summed E-state index contributed by atoms with van der Waals surface area (Å²) in [5, 5.41) is 7.48. The smallest absolute Gasteiger partial charge is 0.240 e. The van der Waals surface area contributed by atoms with E-state index in [4.69, 9.17) is 15.2 Å². The van der Waals surface area contributed by atoms with Gasteiger partial charge in [-0.3, -0.25) is 0 Å². The summed E-state index contributed by atoms with van der Waals surface area (Å²) in [6.45, 7) is 0.916. The molecule has 4 rings (SSSR count). The van der Waals surface area contributed by atoms with Crippen LogP contribution in [0.2, 0.25) is 0 Å². The van der Waals surface area contributed by atoms with E-state index in [2.05, 4.69) is 15.4 Å². The Labute approximate surface area is 120 Å². The largest absolute Gasteiger partial charge is 0.454 e. The van der Waals surface area contributed by atoms with E-state index in [1.54, 1.807) is 4.52 Å². The summed E-state index contributed by atoms with van der Waals surface area (Å²) in [4.78, 5) is 4.13. The van der Waals surface area contributed by atoms with Crippen LogP contribution >= 0.6 is 0 Å². The van der Waals surface area contributed by atoms with Gasteiger partial charge in [0, 0.05) is 6.54 Å². The van der Waals surface area contributed by atoms with E-state index in [0.29, 0.717) is 12.2 Å². The molecule has 0 aliphatic carbocycles. The number of anilines is 2. The molecule has 0 unspecified atom stereocenters. The normalized spacial score (nSPS) is 12.8. The zero-order chi connectivity index (χ0) is 14.2. The second-order valence-electron chi connectivity index (χ2n) is 4.69. The van der Waals surface area contributed by atoms with Crippen molar-refractivity contribution in [1.82, 2.24) is 14.6 Å². The Kier molecular flexibility index (Phi) is 2.56. The summed E-state index contributed by atoms with van der Waals surface area (Å²) < 4.78 is 12.4. The fourth-order valence-corrected chi connectivity index (χ4v) is 2.30. The van der Waals surface area contributed by atoms with Crippen molar-refractivity contribution in [2.75, 3.05) is 17.8 Å². The van der Waals surface area contributed by atoms with Crippen LogP contribution in [0.5, 0.6) is 11.5 Å². The van der Waals surface area contributed by atoms with Crippen molar-refractivity contribution in [3.63, 3.8) is 0 Å². The Bertz CT molecular complexity index is 814. The SMILES string of the molecule is Nc1nc2cccc(NCc3ccc4c(c3)OCO4)n2n1. The quantitative estimate of drug-likeness (QED) is 0.760. The first-order chi connectivity index (χ1) is 10.3. The summed E-state index contributed by atoms with van der Waals surface area (Å²) in [5.41, 5.74) is 7.43. The van der Waals surface area contributed by atoms with E-state index in [1.165, 1.54) is 0 Å². The zero-order valence-electron chi connectivity index (χ0n) is 11.1. The van der Waals surface area contributed by atoms with Gasteiger partial charge in [-0.05, 0) is 29.8 Å². The van der Waals surface area contributed by atoms with E-state index >= 15 is 0 Å². The number of nitrogens with two attached hydrogens (primary N) is 1. The molecule has 0 atom stereocenters. The fraction of sp³-hybridized carbons (Fsp3) is 0.143. The van der Waals surface area contributed by atoms with E-state index in [1.807, 2.05) is 36.4 Å². The standard InChI is InChI=1S/C14H13N5O2/c15-14-17-13-3-1-2-12(19(13)18-14)16-7-9-4-5-10-11(6-9)21-8-20-10/h1-6,16H,7-8H2,(H2,15,18). The van der Waals surface area contributed by atoms with Crippen molar-refractivity contribution in [2.24, 2.45) is 0 Å². The van der Waals surface area contributed by atoms with Crippen LogP contribution in [0.15, 0.2) is 36.4 Å². The van der Waals surface area contributed by atoms with Gasteiger partial charge in [-0.25, -0.2) is 0 Å². The molecule has 0 spiro atoms. The second-order valence-corrected chi connectivity index (χ2v) is 4.69. The first-order valence-corrected chi connectivity index (χ1v) is 6.53. The molecule has 7 nitrogen and oxygen atoms in total. The fourth-order valence-electron chi connectivity index (χ4n) is 2.30. The van der Waals surface area contributed by atoms with Crippen molar-refractivity contribution in [3.05, 3.63) is 42.0 Å². The van der Waals surface area contributed by atoms with Crippen molar-refractivity contribution < 1.29 is 9.47 Å². The Balaban J connectivity index is 1.58. The van der Waals surface area contributed by atoms with Gasteiger partial charge < -0.3 is 20.5 Å². The van der Waals surface area contributed by atoms with Crippen molar-refractivity contribution in [2.45, 2.75) is 6.54 Å². The molecule has 0 saturated heterocycles. The molecule has 3 heterocycles. The van der Waals surface area contributed by atoms with Crippen LogP contribution in [0.25, 0.3) is 5.65 Å². The molecule has 3 N–H and O–H groups in total. The van der Waals surface area contributed by atoms with Gasteiger partial charge >= 0.3 is 0 Å². The number of nitrogen functional groups attached to an aromatic ring is 1. The topological polar surface area (TPSA) is 86.7 Å². The Morgan fingerprint density at radius 3 is 3.05 bits per heavy atom. The van der Waals surface area contributed by atoms with Crippen LogP contribution < -0.4 is 20.5 Å². The van der Waals surface area contributed by atoms with Gasteiger partial charge in [0.15, 0.2) is 17.1 Å². The van der Waals surface area contributed by atoms with Gasteiger partial charge in [-0.15, -0.1) is 5.10 Å². The predicted octanol–water partition coefficient (Wildman–Crippen LogP) is 1.65. The molecule has 106 valence electrons.